The van der Waals surface area contributed by atoms with E-state index in [-0.39, 0.29) is 24.3 Å². The number of hydrogen-bond donors (Lipinski definition) is 1. The number of anilines is 1. The van der Waals surface area contributed by atoms with Crippen LogP contribution in [0, 0.1) is 0 Å². The molecule has 3 aromatic rings. The second kappa shape index (κ2) is 13.1. The van der Waals surface area contributed by atoms with Crippen LogP contribution in [-0.4, -0.2) is 51.0 Å². The molecule has 1 atom stereocenters. The number of amides is 2. The van der Waals surface area contributed by atoms with E-state index >= 15 is 0 Å². The fraction of sp³-hybridized carbons (Fsp3) is 0.333. The number of carbonyl (C=O) groups excluding carboxylic acids is 2. The molecule has 214 valence electrons. The first-order valence-corrected chi connectivity index (χ1v) is 15.4. The molecule has 0 heterocycles. The molecule has 10 heteroatoms. The van der Waals surface area contributed by atoms with Gasteiger partial charge >= 0.3 is 0 Å². The molecule has 0 aromatic heterocycles. The summed E-state index contributed by atoms with van der Waals surface area (Å²) >= 11 is 12.3. The summed E-state index contributed by atoms with van der Waals surface area (Å²) in [6.45, 7) is 5.71. The molecule has 0 fully saturated rings. The summed E-state index contributed by atoms with van der Waals surface area (Å²) in [7, 11) is -2.34. The van der Waals surface area contributed by atoms with Crippen LogP contribution in [0.2, 0.25) is 10.0 Å². The standard InChI is InChI=1S/C30H35Cl2N3O4S/c1-30(2,3)23-12-14-24(15-13-23)35(40(5,38)39)20-28(36)34(19-22-11-16-25(31)26(32)17-22)27(29(37)33-4)18-21-9-7-6-8-10-21/h6-17,27H,18-20H2,1-5H3,(H,33,37). The van der Waals surface area contributed by atoms with Gasteiger partial charge in [0.25, 0.3) is 0 Å². The predicted octanol–water partition coefficient (Wildman–Crippen LogP) is 5.44. The highest BCUT2D eigenvalue weighted by atomic mass is 35.5. The van der Waals surface area contributed by atoms with Gasteiger partial charge in [0.1, 0.15) is 12.6 Å². The predicted molar refractivity (Wildman–Crippen MR) is 162 cm³/mol. The average Bonchev–Trinajstić information content (AvgIpc) is 2.90. The zero-order valence-corrected chi connectivity index (χ0v) is 25.6. The molecule has 7 nitrogen and oxygen atoms in total. The first-order chi connectivity index (χ1) is 18.7. The number of carbonyl (C=O) groups is 2. The summed E-state index contributed by atoms with van der Waals surface area (Å²) < 4.78 is 26.9. The summed E-state index contributed by atoms with van der Waals surface area (Å²) in [5.41, 5.74) is 2.75. The van der Waals surface area contributed by atoms with Crippen molar-refractivity contribution in [2.24, 2.45) is 0 Å². The second-order valence-electron chi connectivity index (χ2n) is 10.7. The van der Waals surface area contributed by atoms with Crippen LogP contribution in [0.25, 0.3) is 0 Å². The van der Waals surface area contributed by atoms with E-state index in [1.165, 1.54) is 11.9 Å². The molecule has 40 heavy (non-hydrogen) atoms. The maximum Gasteiger partial charge on any atom is 0.244 e. The Labute approximate surface area is 247 Å². The number of hydrogen-bond acceptors (Lipinski definition) is 4. The monoisotopic (exact) mass is 603 g/mol. The molecular formula is C30H35Cl2N3O4S. The minimum Gasteiger partial charge on any atom is -0.357 e. The maximum atomic E-state index is 14.0. The van der Waals surface area contributed by atoms with Gasteiger partial charge in [0, 0.05) is 20.0 Å². The van der Waals surface area contributed by atoms with E-state index in [0.717, 1.165) is 21.7 Å². The summed E-state index contributed by atoms with van der Waals surface area (Å²) in [5.74, 6) is -0.918. The van der Waals surface area contributed by atoms with Crippen LogP contribution in [-0.2, 0) is 38.0 Å². The van der Waals surface area contributed by atoms with Crippen LogP contribution in [0.15, 0.2) is 72.8 Å². The fourth-order valence-corrected chi connectivity index (χ4v) is 5.47. The Morgan fingerprint density at radius 3 is 2.05 bits per heavy atom. The van der Waals surface area contributed by atoms with Gasteiger partial charge in [-0.2, -0.15) is 0 Å². The molecule has 0 aliphatic rings. The van der Waals surface area contributed by atoms with Crippen LogP contribution in [0.4, 0.5) is 5.69 Å². The molecule has 0 radical (unpaired) electrons. The number of rotatable bonds is 10. The van der Waals surface area contributed by atoms with Crippen molar-refractivity contribution in [2.45, 2.75) is 45.2 Å². The topological polar surface area (TPSA) is 86.8 Å². The van der Waals surface area contributed by atoms with Gasteiger partial charge in [-0.3, -0.25) is 13.9 Å². The van der Waals surface area contributed by atoms with E-state index in [1.807, 2.05) is 42.5 Å². The Balaban J connectivity index is 2.03. The quantitative estimate of drug-likeness (QED) is 0.334. The van der Waals surface area contributed by atoms with E-state index in [4.69, 9.17) is 23.2 Å². The lowest BCUT2D eigenvalue weighted by Gasteiger charge is -2.33. The van der Waals surface area contributed by atoms with Crippen molar-refractivity contribution in [3.8, 4) is 0 Å². The van der Waals surface area contributed by atoms with Crippen molar-refractivity contribution < 1.29 is 18.0 Å². The Morgan fingerprint density at radius 2 is 1.52 bits per heavy atom. The molecule has 1 unspecified atom stereocenters. The molecule has 2 amide bonds. The zero-order chi connectivity index (χ0) is 29.7. The number of sulfonamides is 1. The van der Waals surface area contributed by atoms with Crippen LogP contribution in [0.1, 0.15) is 37.5 Å². The lowest BCUT2D eigenvalue weighted by atomic mass is 9.87. The molecule has 1 N–H and O–H groups in total. The Kier molecular flexibility index (Phi) is 10.3. The Bertz CT molecular complexity index is 1440. The van der Waals surface area contributed by atoms with E-state index in [2.05, 4.69) is 26.1 Å². The number of likely N-dealkylation sites (N-methyl/N-ethyl adjacent to an activating group) is 1. The molecule has 0 saturated carbocycles. The number of benzene rings is 3. The Hall–Kier alpha value is -3.07. The zero-order valence-electron chi connectivity index (χ0n) is 23.3. The highest BCUT2D eigenvalue weighted by Crippen LogP contribution is 2.27. The summed E-state index contributed by atoms with van der Waals surface area (Å²) in [6, 6.07) is 20.5. The third kappa shape index (κ3) is 8.22. The van der Waals surface area contributed by atoms with Crippen LogP contribution >= 0.6 is 23.2 Å². The van der Waals surface area contributed by atoms with Gasteiger partial charge in [-0.05, 0) is 46.4 Å². The molecule has 0 aliphatic carbocycles. The third-order valence-corrected chi connectivity index (χ3v) is 8.43. The van der Waals surface area contributed by atoms with E-state index in [9.17, 15) is 18.0 Å². The van der Waals surface area contributed by atoms with Crippen LogP contribution < -0.4 is 9.62 Å². The molecule has 0 spiro atoms. The number of nitrogens with zero attached hydrogens (tertiary/aromatic N) is 2. The summed E-state index contributed by atoms with van der Waals surface area (Å²) in [5, 5.41) is 3.32. The second-order valence-corrected chi connectivity index (χ2v) is 13.4. The van der Waals surface area contributed by atoms with Gasteiger partial charge in [0.15, 0.2) is 0 Å². The normalized spacial score (nSPS) is 12.5. The minimum absolute atomic E-state index is 0.0151. The van der Waals surface area contributed by atoms with Gasteiger partial charge < -0.3 is 10.2 Å². The first-order valence-electron chi connectivity index (χ1n) is 12.8. The summed E-state index contributed by atoms with van der Waals surface area (Å²) in [4.78, 5) is 28.6. The van der Waals surface area contributed by atoms with Crippen molar-refractivity contribution in [1.29, 1.82) is 0 Å². The molecule has 0 saturated heterocycles. The highest BCUT2D eigenvalue weighted by Gasteiger charge is 2.32. The lowest BCUT2D eigenvalue weighted by Crippen LogP contribution is -2.52. The first kappa shape index (κ1) is 31.5. The van der Waals surface area contributed by atoms with E-state index in [0.29, 0.717) is 21.3 Å². The molecule has 0 bridgehead atoms. The van der Waals surface area contributed by atoms with Crippen molar-refractivity contribution in [3.63, 3.8) is 0 Å². The van der Waals surface area contributed by atoms with Gasteiger partial charge in [-0.1, -0.05) is 92.5 Å². The van der Waals surface area contributed by atoms with Crippen molar-refractivity contribution in [2.75, 3.05) is 24.2 Å². The molecule has 3 aromatic carbocycles. The molecule has 0 aliphatic heterocycles. The van der Waals surface area contributed by atoms with Crippen LogP contribution in [0.3, 0.4) is 0 Å². The smallest absolute Gasteiger partial charge is 0.244 e. The highest BCUT2D eigenvalue weighted by molar-refractivity contribution is 7.92. The van der Waals surface area contributed by atoms with Crippen molar-refractivity contribution in [1.82, 2.24) is 10.2 Å². The van der Waals surface area contributed by atoms with E-state index in [1.54, 1.807) is 30.3 Å². The van der Waals surface area contributed by atoms with Crippen molar-refractivity contribution >= 4 is 50.7 Å². The van der Waals surface area contributed by atoms with Crippen molar-refractivity contribution in [3.05, 3.63) is 99.5 Å². The molecule has 3 rings (SSSR count). The maximum absolute atomic E-state index is 14.0. The molecular weight excluding hydrogens is 569 g/mol. The van der Waals surface area contributed by atoms with Gasteiger partial charge in [-0.15, -0.1) is 0 Å². The van der Waals surface area contributed by atoms with Crippen LogP contribution in [0.5, 0.6) is 0 Å². The average molecular weight is 605 g/mol. The minimum atomic E-state index is -3.84. The van der Waals surface area contributed by atoms with Gasteiger partial charge in [0.2, 0.25) is 21.8 Å². The third-order valence-electron chi connectivity index (χ3n) is 6.55. The number of nitrogens with one attached hydrogen (secondary N) is 1. The fourth-order valence-electron chi connectivity index (χ4n) is 4.30. The lowest BCUT2D eigenvalue weighted by molar-refractivity contribution is -0.139. The Morgan fingerprint density at radius 1 is 0.900 bits per heavy atom. The van der Waals surface area contributed by atoms with Gasteiger partial charge in [0.05, 0.1) is 22.0 Å². The number of halogens is 2. The van der Waals surface area contributed by atoms with E-state index < -0.39 is 28.5 Å². The summed E-state index contributed by atoms with van der Waals surface area (Å²) in [6.07, 6.45) is 1.29. The SMILES string of the molecule is CNC(=O)C(Cc1ccccc1)N(Cc1ccc(Cl)c(Cl)c1)C(=O)CN(c1ccc(C(C)(C)C)cc1)S(C)(=O)=O. The van der Waals surface area contributed by atoms with Gasteiger partial charge in [-0.25, -0.2) is 8.42 Å². The largest absolute Gasteiger partial charge is 0.357 e.